The largest absolute Gasteiger partial charge is 0.366 e. The highest BCUT2D eigenvalue weighted by Gasteiger charge is 2.17. The molecule has 1 fully saturated rings. The highest BCUT2D eigenvalue weighted by molar-refractivity contribution is 5.49. The van der Waals surface area contributed by atoms with Gasteiger partial charge in [-0.1, -0.05) is 25.1 Å². The molecular weight excluding hydrogens is 279 g/mol. The molecule has 1 aromatic heterocycles. The molecule has 116 valence electrons. The van der Waals surface area contributed by atoms with E-state index in [-0.39, 0.29) is 5.82 Å². The van der Waals surface area contributed by atoms with Crippen LogP contribution in [0.25, 0.3) is 0 Å². The van der Waals surface area contributed by atoms with Crippen molar-refractivity contribution in [2.24, 2.45) is 5.92 Å². The molecule has 0 radical (unpaired) electrons. The average molecular weight is 300 g/mol. The highest BCUT2D eigenvalue weighted by atomic mass is 19.1. The first-order valence-corrected chi connectivity index (χ1v) is 7.76. The van der Waals surface area contributed by atoms with Crippen molar-refractivity contribution in [2.75, 3.05) is 23.3 Å². The number of hydrogen-bond donors (Lipinski definition) is 1. The van der Waals surface area contributed by atoms with E-state index in [4.69, 9.17) is 0 Å². The van der Waals surface area contributed by atoms with Crippen molar-refractivity contribution >= 4 is 11.6 Å². The van der Waals surface area contributed by atoms with E-state index >= 15 is 0 Å². The van der Waals surface area contributed by atoms with Gasteiger partial charge in [0.15, 0.2) is 0 Å². The summed E-state index contributed by atoms with van der Waals surface area (Å²) < 4.78 is 13.6. The molecule has 2 heterocycles. The molecule has 1 N–H and O–H groups in total. The summed E-state index contributed by atoms with van der Waals surface area (Å²) in [6, 6.07) is 8.72. The molecule has 1 atom stereocenters. The Labute approximate surface area is 130 Å². The zero-order valence-corrected chi connectivity index (χ0v) is 12.8. The second-order valence-corrected chi connectivity index (χ2v) is 5.90. The van der Waals surface area contributed by atoms with Gasteiger partial charge in [-0.15, -0.1) is 0 Å². The molecule has 0 bridgehead atoms. The van der Waals surface area contributed by atoms with Gasteiger partial charge in [0.2, 0.25) is 0 Å². The van der Waals surface area contributed by atoms with Gasteiger partial charge in [-0.2, -0.15) is 0 Å². The molecule has 1 unspecified atom stereocenters. The Morgan fingerprint density at radius 3 is 3.00 bits per heavy atom. The summed E-state index contributed by atoms with van der Waals surface area (Å²) in [5, 5.41) is 3.17. The standard InChI is InChI=1S/C17H21FN4/c1-13-5-4-8-22(11-13)17-9-16(20-12-21-17)19-10-14-6-2-3-7-15(14)18/h2-3,6-7,9,12-13H,4-5,8,10-11H2,1H3,(H,19,20,21). The van der Waals surface area contributed by atoms with E-state index in [1.807, 2.05) is 12.1 Å². The first-order valence-electron chi connectivity index (χ1n) is 7.76. The maximum absolute atomic E-state index is 13.6. The van der Waals surface area contributed by atoms with Crippen LogP contribution in [0.3, 0.4) is 0 Å². The van der Waals surface area contributed by atoms with Crippen molar-refractivity contribution in [3.8, 4) is 0 Å². The van der Waals surface area contributed by atoms with Crippen molar-refractivity contribution in [3.05, 3.63) is 48.0 Å². The molecule has 4 nitrogen and oxygen atoms in total. The third kappa shape index (κ3) is 3.53. The fraction of sp³-hybridized carbons (Fsp3) is 0.412. The fourth-order valence-corrected chi connectivity index (χ4v) is 2.84. The smallest absolute Gasteiger partial charge is 0.134 e. The van der Waals surface area contributed by atoms with Gasteiger partial charge in [0.1, 0.15) is 23.8 Å². The van der Waals surface area contributed by atoms with Crippen LogP contribution in [-0.4, -0.2) is 23.1 Å². The number of rotatable bonds is 4. The van der Waals surface area contributed by atoms with Gasteiger partial charge in [0.05, 0.1) is 0 Å². The summed E-state index contributed by atoms with van der Waals surface area (Å²) in [7, 11) is 0. The number of nitrogens with zero attached hydrogens (tertiary/aromatic N) is 3. The lowest BCUT2D eigenvalue weighted by molar-refractivity contribution is 0.444. The Balaban J connectivity index is 1.67. The van der Waals surface area contributed by atoms with Crippen LogP contribution in [0.4, 0.5) is 16.0 Å². The van der Waals surface area contributed by atoms with Gasteiger partial charge < -0.3 is 10.2 Å². The van der Waals surface area contributed by atoms with Gasteiger partial charge in [-0.05, 0) is 24.8 Å². The summed E-state index contributed by atoms with van der Waals surface area (Å²) in [6.07, 6.45) is 4.04. The Morgan fingerprint density at radius 2 is 2.18 bits per heavy atom. The maximum Gasteiger partial charge on any atom is 0.134 e. The minimum atomic E-state index is -0.200. The Kier molecular flexibility index (Phi) is 4.51. The number of hydrogen-bond acceptors (Lipinski definition) is 4. The molecule has 1 saturated heterocycles. The van der Waals surface area contributed by atoms with Crippen LogP contribution in [0, 0.1) is 11.7 Å². The van der Waals surface area contributed by atoms with Crippen LogP contribution in [0.15, 0.2) is 36.7 Å². The third-order valence-electron chi connectivity index (χ3n) is 4.05. The van der Waals surface area contributed by atoms with Crippen LogP contribution in [0.5, 0.6) is 0 Å². The number of benzene rings is 1. The molecule has 22 heavy (non-hydrogen) atoms. The van der Waals surface area contributed by atoms with Gasteiger partial charge in [-0.3, -0.25) is 0 Å². The van der Waals surface area contributed by atoms with E-state index in [1.54, 1.807) is 18.5 Å². The van der Waals surface area contributed by atoms with Crippen LogP contribution < -0.4 is 10.2 Å². The van der Waals surface area contributed by atoms with Crippen LogP contribution in [0.1, 0.15) is 25.3 Å². The van der Waals surface area contributed by atoms with Gasteiger partial charge >= 0.3 is 0 Å². The first kappa shape index (κ1) is 14.8. The molecule has 2 aromatic rings. The lowest BCUT2D eigenvalue weighted by atomic mass is 10.0. The molecule has 1 aliphatic heterocycles. The van der Waals surface area contributed by atoms with E-state index in [0.717, 1.165) is 24.7 Å². The lowest BCUT2D eigenvalue weighted by Crippen LogP contribution is -2.34. The maximum atomic E-state index is 13.6. The number of nitrogens with one attached hydrogen (secondary N) is 1. The topological polar surface area (TPSA) is 41.0 Å². The molecular formula is C17H21FN4. The summed E-state index contributed by atoms with van der Waals surface area (Å²) in [5.74, 6) is 2.16. The average Bonchev–Trinajstić information content (AvgIpc) is 2.54. The highest BCUT2D eigenvalue weighted by Crippen LogP contribution is 2.22. The molecule has 0 aliphatic carbocycles. The number of aromatic nitrogens is 2. The van der Waals surface area contributed by atoms with E-state index in [9.17, 15) is 4.39 Å². The summed E-state index contributed by atoms with van der Waals surface area (Å²) in [6.45, 7) is 4.75. The van der Waals surface area contributed by atoms with Crippen molar-refractivity contribution < 1.29 is 4.39 Å². The SMILES string of the molecule is CC1CCCN(c2cc(NCc3ccccc3F)ncn2)C1. The van der Waals surface area contributed by atoms with E-state index in [1.165, 1.54) is 18.9 Å². The van der Waals surface area contributed by atoms with Crippen LogP contribution in [-0.2, 0) is 6.54 Å². The number of halogens is 1. The summed E-state index contributed by atoms with van der Waals surface area (Å²) in [4.78, 5) is 10.9. The van der Waals surface area contributed by atoms with Crippen molar-refractivity contribution in [2.45, 2.75) is 26.3 Å². The van der Waals surface area contributed by atoms with Gasteiger partial charge in [-0.25, -0.2) is 14.4 Å². The Bertz CT molecular complexity index is 632. The minimum absolute atomic E-state index is 0.200. The Hall–Kier alpha value is -2.17. The normalized spacial score (nSPS) is 18.3. The van der Waals surface area contributed by atoms with E-state index < -0.39 is 0 Å². The number of anilines is 2. The lowest BCUT2D eigenvalue weighted by Gasteiger charge is -2.31. The molecule has 0 amide bonds. The zero-order valence-electron chi connectivity index (χ0n) is 12.8. The first-order chi connectivity index (χ1) is 10.7. The molecule has 0 saturated carbocycles. The summed E-state index contributed by atoms with van der Waals surface area (Å²) >= 11 is 0. The molecule has 1 aromatic carbocycles. The third-order valence-corrected chi connectivity index (χ3v) is 4.05. The second-order valence-electron chi connectivity index (χ2n) is 5.90. The molecule has 0 spiro atoms. The van der Waals surface area contributed by atoms with Crippen molar-refractivity contribution in [3.63, 3.8) is 0 Å². The fourth-order valence-electron chi connectivity index (χ4n) is 2.84. The minimum Gasteiger partial charge on any atom is -0.366 e. The summed E-state index contributed by atoms with van der Waals surface area (Å²) in [5.41, 5.74) is 0.634. The Morgan fingerprint density at radius 1 is 1.32 bits per heavy atom. The van der Waals surface area contributed by atoms with Crippen molar-refractivity contribution in [1.82, 2.24) is 9.97 Å². The molecule has 5 heteroatoms. The second kappa shape index (κ2) is 6.73. The van der Waals surface area contributed by atoms with E-state index in [0.29, 0.717) is 18.0 Å². The molecule has 3 rings (SSSR count). The van der Waals surface area contributed by atoms with Crippen LogP contribution >= 0.6 is 0 Å². The quantitative estimate of drug-likeness (QED) is 0.939. The van der Waals surface area contributed by atoms with Gasteiger partial charge in [0, 0.05) is 31.3 Å². The predicted molar refractivity (Wildman–Crippen MR) is 86.4 cm³/mol. The molecule has 1 aliphatic rings. The number of piperidine rings is 1. The monoisotopic (exact) mass is 300 g/mol. The van der Waals surface area contributed by atoms with Crippen LogP contribution in [0.2, 0.25) is 0 Å². The van der Waals surface area contributed by atoms with Gasteiger partial charge in [0.25, 0.3) is 0 Å². The zero-order chi connectivity index (χ0) is 15.4. The van der Waals surface area contributed by atoms with E-state index in [2.05, 4.69) is 27.1 Å². The predicted octanol–water partition coefficient (Wildman–Crippen LogP) is 3.46. The van der Waals surface area contributed by atoms with Crippen molar-refractivity contribution in [1.29, 1.82) is 0 Å².